The minimum absolute atomic E-state index is 0.0228. The summed E-state index contributed by atoms with van der Waals surface area (Å²) in [7, 11) is 1.69. The van der Waals surface area contributed by atoms with Gasteiger partial charge in [-0.3, -0.25) is 4.79 Å². The number of nitrogens with one attached hydrogen (secondary N) is 1. The van der Waals surface area contributed by atoms with Gasteiger partial charge < -0.3 is 14.8 Å². The van der Waals surface area contributed by atoms with Crippen LogP contribution in [-0.2, 0) is 16.1 Å². The Morgan fingerprint density at radius 1 is 1.37 bits per heavy atom. The van der Waals surface area contributed by atoms with Gasteiger partial charge in [0.2, 0.25) is 0 Å². The fourth-order valence-electron chi connectivity index (χ4n) is 5.70. The quantitative estimate of drug-likeness (QED) is 0.627. The van der Waals surface area contributed by atoms with Crippen molar-refractivity contribution >= 4 is 5.97 Å². The summed E-state index contributed by atoms with van der Waals surface area (Å²) >= 11 is 0. The van der Waals surface area contributed by atoms with Crippen molar-refractivity contribution < 1.29 is 14.3 Å². The average Bonchev–Trinajstić information content (AvgIpc) is 2.94. The Morgan fingerprint density at radius 3 is 3.00 bits per heavy atom. The molecule has 0 bridgehead atoms. The summed E-state index contributed by atoms with van der Waals surface area (Å²) in [5.74, 6) is 1.66. The third-order valence-corrected chi connectivity index (χ3v) is 7.19. The highest BCUT2D eigenvalue weighted by Gasteiger charge is 2.54. The molecule has 3 fully saturated rings. The van der Waals surface area contributed by atoms with Crippen LogP contribution in [0.25, 0.3) is 0 Å². The van der Waals surface area contributed by atoms with Crippen LogP contribution in [-0.4, -0.2) is 25.7 Å². The second-order valence-corrected chi connectivity index (χ2v) is 8.85. The molecule has 0 aromatic heterocycles. The minimum atomic E-state index is -0.0519. The van der Waals surface area contributed by atoms with Gasteiger partial charge in [-0.25, -0.2) is 0 Å². The predicted molar refractivity (Wildman–Crippen MR) is 105 cm³/mol. The smallest absolute Gasteiger partial charge is 0.310 e. The number of para-hydroxylation sites is 1. The molecule has 27 heavy (non-hydrogen) atoms. The van der Waals surface area contributed by atoms with Gasteiger partial charge in [-0.05, 0) is 49.5 Å². The maximum atomic E-state index is 12.6. The molecule has 1 N–H and O–H groups in total. The van der Waals surface area contributed by atoms with E-state index in [4.69, 9.17) is 9.47 Å². The van der Waals surface area contributed by atoms with Gasteiger partial charge in [-0.15, -0.1) is 0 Å². The summed E-state index contributed by atoms with van der Waals surface area (Å²) in [6.07, 6.45) is 5.73. The molecule has 2 aliphatic carbocycles. The lowest BCUT2D eigenvalue weighted by Gasteiger charge is -2.50. The third kappa shape index (κ3) is 3.40. The second kappa shape index (κ2) is 7.31. The van der Waals surface area contributed by atoms with Crippen LogP contribution in [0.4, 0.5) is 0 Å². The van der Waals surface area contributed by atoms with Crippen LogP contribution in [0.1, 0.15) is 44.6 Å². The molecule has 3 aliphatic rings. The maximum Gasteiger partial charge on any atom is 0.310 e. The number of benzene rings is 1. The normalized spacial score (nSPS) is 35.3. The number of allylic oxidation sites excluding steroid dienone is 1. The Hall–Kier alpha value is -1.81. The Balaban J connectivity index is 1.42. The lowest BCUT2D eigenvalue weighted by Crippen LogP contribution is -2.45. The predicted octanol–water partition coefficient (Wildman–Crippen LogP) is 4.10. The first-order valence-electron chi connectivity index (χ1n) is 10.2. The molecule has 0 unspecified atom stereocenters. The molecule has 4 nitrogen and oxygen atoms in total. The highest BCUT2D eigenvalue weighted by molar-refractivity contribution is 5.75. The Bertz CT molecular complexity index is 730. The lowest BCUT2D eigenvalue weighted by molar-refractivity contribution is -0.146. The molecule has 5 atom stereocenters. The molecule has 1 aromatic carbocycles. The van der Waals surface area contributed by atoms with Gasteiger partial charge >= 0.3 is 5.97 Å². The topological polar surface area (TPSA) is 47.6 Å². The van der Waals surface area contributed by atoms with Crippen molar-refractivity contribution in [1.29, 1.82) is 0 Å². The zero-order chi connectivity index (χ0) is 19.0. The fraction of sp³-hybridized carbons (Fsp3) is 0.609. The van der Waals surface area contributed by atoms with Gasteiger partial charge in [0, 0.05) is 24.6 Å². The molecule has 0 radical (unpaired) electrons. The van der Waals surface area contributed by atoms with E-state index in [1.807, 2.05) is 18.2 Å². The zero-order valence-electron chi connectivity index (χ0n) is 16.5. The van der Waals surface area contributed by atoms with E-state index in [1.54, 1.807) is 7.11 Å². The third-order valence-electron chi connectivity index (χ3n) is 7.19. The van der Waals surface area contributed by atoms with Crippen LogP contribution in [0, 0.1) is 23.2 Å². The van der Waals surface area contributed by atoms with E-state index in [-0.39, 0.29) is 23.4 Å². The highest BCUT2D eigenvalue weighted by Crippen LogP contribution is 2.56. The summed E-state index contributed by atoms with van der Waals surface area (Å²) < 4.78 is 11.3. The standard InChI is InChI=1S/C23H31NO3/c1-15-7-6-10-23(2)12-21-17(11-19(15)23)18(22(25)27-21)14-24-13-16-8-4-5-9-20(16)26-3/h4-5,8-9,17-19,21,24H,1,6-7,10-14H2,2-3H3/t17-,18-,19-,21-,23-/m1/s1. The number of methoxy groups -OCH3 is 1. The Morgan fingerprint density at radius 2 is 2.19 bits per heavy atom. The molecule has 1 saturated heterocycles. The summed E-state index contributed by atoms with van der Waals surface area (Å²) in [6, 6.07) is 8.00. The van der Waals surface area contributed by atoms with Gasteiger partial charge in [0.25, 0.3) is 0 Å². The van der Waals surface area contributed by atoms with Crippen molar-refractivity contribution in [3.05, 3.63) is 42.0 Å². The van der Waals surface area contributed by atoms with Gasteiger partial charge in [-0.2, -0.15) is 0 Å². The van der Waals surface area contributed by atoms with Crippen LogP contribution in [0.5, 0.6) is 5.75 Å². The minimum Gasteiger partial charge on any atom is -0.496 e. The van der Waals surface area contributed by atoms with Crippen LogP contribution in [0.15, 0.2) is 36.4 Å². The number of hydrogen-bond donors (Lipinski definition) is 1. The SMILES string of the molecule is C=C1CCC[C@]2(C)C[C@H]3OC(=O)[C@H](CNCc4ccccc4OC)[C@H]3C[C@H]12. The largest absolute Gasteiger partial charge is 0.496 e. The molecule has 146 valence electrons. The highest BCUT2D eigenvalue weighted by atomic mass is 16.6. The van der Waals surface area contributed by atoms with Crippen molar-refractivity contribution in [2.75, 3.05) is 13.7 Å². The lowest BCUT2D eigenvalue weighted by atomic mass is 9.55. The zero-order valence-corrected chi connectivity index (χ0v) is 16.5. The summed E-state index contributed by atoms with van der Waals surface area (Å²) in [5, 5.41) is 3.47. The number of ether oxygens (including phenoxy) is 2. The number of fused-ring (bicyclic) bond motifs is 2. The number of hydrogen-bond acceptors (Lipinski definition) is 4. The molecule has 4 rings (SSSR count). The van der Waals surface area contributed by atoms with Gasteiger partial charge in [0.05, 0.1) is 13.0 Å². The molecule has 1 heterocycles. The molecular weight excluding hydrogens is 338 g/mol. The number of esters is 1. The van der Waals surface area contributed by atoms with E-state index >= 15 is 0 Å². The fourth-order valence-corrected chi connectivity index (χ4v) is 5.70. The first-order valence-corrected chi connectivity index (χ1v) is 10.2. The average molecular weight is 370 g/mol. The van der Waals surface area contributed by atoms with Gasteiger partial charge in [-0.1, -0.05) is 37.3 Å². The van der Waals surface area contributed by atoms with Crippen LogP contribution in [0.3, 0.4) is 0 Å². The summed E-state index contributed by atoms with van der Waals surface area (Å²) in [6.45, 7) is 8.10. The molecule has 4 heteroatoms. The maximum absolute atomic E-state index is 12.6. The number of rotatable bonds is 5. The molecular formula is C23H31NO3. The molecule has 0 spiro atoms. The van der Waals surface area contributed by atoms with Crippen molar-refractivity contribution in [1.82, 2.24) is 5.32 Å². The van der Waals surface area contributed by atoms with Crippen molar-refractivity contribution in [2.24, 2.45) is 23.2 Å². The van der Waals surface area contributed by atoms with Crippen LogP contribution >= 0.6 is 0 Å². The van der Waals surface area contributed by atoms with Crippen LogP contribution < -0.4 is 10.1 Å². The van der Waals surface area contributed by atoms with Crippen molar-refractivity contribution in [2.45, 2.75) is 51.7 Å². The molecule has 0 amide bonds. The summed E-state index contributed by atoms with van der Waals surface area (Å²) in [4.78, 5) is 12.6. The first kappa shape index (κ1) is 18.5. The van der Waals surface area contributed by atoms with E-state index in [0.717, 1.165) is 30.6 Å². The molecule has 1 aliphatic heterocycles. The molecule has 2 saturated carbocycles. The second-order valence-electron chi connectivity index (χ2n) is 8.85. The van der Waals surface area contributed by atoms with Gasteiger partial charge in [0.15, 0.2) is 0 Å². The van der Waals surface area contributed by atoms with E-state index in [1.165, 1.54) is 18.4 Å². The van der Waals surface area contributed by atoms with Crippen molar-refractivity contribution in [3.63, 3.8) is 0 Å². The number of carbonyl (C=O) groups is 1. The van der Waals surface area contributed by atoms with E-state index in [9.17, 15) is 4.79 Å². The monoisotopic (exact) mass is 369 g/mol. The summed E-state index contributed by atoms with van der Waals surface area (Å²) in [5.41, 5.74) is 2.76. The Kier molecular flexibility index (Phi) is 5.02. The van der Waals surface area contributed by atoms with Crippen LogP contribution in [0.2, 0.25) is 0 Å². The van der Waals surface area contributed by atoms with Gasteiger partial charge in [0.1, 0.15) is 11.9 Å². The number of carbonyl (C=O) groups excluding carboxylic acids is 1. The first-order chi connectivity index (χ1) is 13.0. The van der Waals surface area contributed by atoms with Crippen molar-refractivity contribution in [3.8, 4) is 5.75 Å². The van der Waals surface area contributed by atoms with E-state index in [2.05, 4.69) is 24.9 Å². The Labute approximate surface area is 162 Å². The van der Waals surface area contributed by atoms with E-state index in [0.29, 0.717) is 24.9 Å². The van der Waals surface area contributed by atoms with E-state index < -0.39 is 0 Å². The molecule has 1 aromatic rings.